The summed E-state index contributed by atoms with van der Waals surface area (Å²) in [4.78, 5) is 28.2. The van der Waals surface area contributed by atoms with Crippen LogP contribution in [0.4, 0.5) is 0 Å². The van der Waals surface area contributed by atoms with Crippen LogP contribution in [0.3, 0.4) is 0 Å². The van der Waals surface area contributed by atoms with Crippen LogP contribution in [0.15, 0.2) is 27.6 Å². The van der Waals surface area contributed by atoms with Gasteiger partial charge >= 0.3 is 5.69 Å². The topological polar surface area (TPSA) is 61.8 Å². The smallest absolute Gasteiger partial charge is 0.321 e. The van der Waals surface area contributed by atoms with E-state index >= 15 is 0 Å². The van der Waals surface area contributed by atoms with E-state index in [0.717, 1.165) is 16.6 Å². The summed E-state index contributed by atoms with van der Waals surface area (Å²) in [5, 5.41) is 0. The Morgan fingerprint density at radius 2 is 2.00 bits per heavy atom. The van der Waals surface area contributed by atoms with Gasteiger partial charge in [0.1, 0.15) is 0 Å². The van der Waals surface area contributed by atoms with Gasteiger partial charge in [-0.25, -0.2) is 9.78 Å². The first-order chi connectivity index (χ1) is 8.97. The Labute approximate surface area is 110 Å². The van der Waals surface area contributed by atoms with E-state index in [1.165, 1.54) is 11.6 Å². The molecule has 6 heteroatoms. The van der Waals surface area contributed by atoms with Crippen molar-refractivity contribution >= 4 is 11.2 Å². The second kappa shape index (κ2) is 4.87. The third-order valence-corrected chi connectivity index (χ3v) is 3.19. The van der Waals surface area contributed by atoms with Crippen LogP contribution in [0.1, 0.15) is 20.3 Å². The van der Waals surface area contributed by atoms with Gasteiger partial charge in [-0.15, -0.1) is 0 Å². The van der Waals surface area contributed by atoms with Crippen LogP contribution in [-0.2, 0) is 20.6 Å². The number of allylic oxidation sites excluding steroid dienone is 2. The number of fused-ring (bicyclic) bond motifs is 1. The summed E-state index contributed by atoms with van der Waals surface area (Å²) in [7, 11) is 3.10. The van der Waals surface area contributed by atoms with Gasteiger partial charge in [0, 0.05) is 20.6 Å². The summed E-state index contributed by atoms with van der Waals surface area (Å²) in [6, 6.07) is 0. The minimum absolute atomic E-state index is 0.306. The normalized spacial score (nSPS) is 12.3. The first-order valence-corrected chi connectivity index (χ1v) is 6.23. The molecule has 2 aromatic rings. The van der Waals surface area contributed by atoms with Gasteiger partial charge in [-0.2, -0.15) is 0 Å². The minimum Gasteiger partial charge on any atom is -0.321 e. The third-order valence-electron chi connectivity index (χ3n) is 3.19. The number of aromatic nitrogens is 4. The molecule has 0 radical (unpaired) electrons. The number of nitrogens with zero attached hydrogens (tertiary/aromatic N) is 4. The van der Waals surface area contributed by atoms with E-state index in [0.29, 0.717) is 17.7 Å². The molecule has 0 aliphatic carbocycles. The highest BCUT2D eigenvalue weighted by Gasteiger charge is 2.13. The van der Waals surface area contributed by atoms with Crippen LogP contribution in [-0.4, -0.2) is 18.7 Å². The van der Waals surface area contributed by atoms with Crippen LogP contribution in [0.25, 0.3) is 11.2 Å². The van der Waals surface area contributed by atoms with Crippen molar-refractivity contribution < 1.29 is 0 Å². The highest BCUT2D eigenvalue weighted by molar-refractivity contribution is 5.70. The lowest BCUT2D eigenvalue weighted by molar-refractivity contribution is 0.701. The Morgan fingerprint density at radius 3 is 2.63 bits per heavy atom. The molecule has 0 N–H and O–H groups in total. The largest absolute Gasteiger partial charge is 0.332 e. The average molecular weight is 262 g/mol. The molecule has 0 aromatic carbocycles. The van der Waals surface area contributed by atoms with Crippen molar-refractivity contribution in [1.82, 2.24) is 18.7 Å². The predicted octanol–water partition coefficient (Wildman–Crippen LogP) is 0.790. The molecule has 0 bridgehead atoms. The summed E-state index contributed by atoms with van der Waals surface area (Å²) < 4.78 is 4.30. The molecule has 0 aliphatic rings. The van der Waals surface area contributed by atoms with E-state index in [1.807, 2.05) is 6.92 Å². The number of imidazole rings is 1. The standard InChI is InChI=1S/C13H18N4O2/c1-5-6-9(2)7-17-8-14-11-10(17)12(18)16(4)13(19)15(11)3/h6,8H,5,7H2,1-4H3/b9-6+. The van der Waals surface area contributed by atoms with Crippen molar-refractivity contribution in [2.24, 2.45) is 14.1 Å². The molecule has 6 nitrogen and oxygen atoms in total. The first-order valence-electron chi connectivity index (χ1n) is 6.23. The number of hydrogen-bond donors (Lipinski definition) is 0. The Hall–Kier alpha value is -2.11. The lowest BCUT2D eigenvalue weighted by Gasteiger charge is -2.06. The van der Waals surface area contributed by atoms with Crippen LogP contribution in [0.2, 0.25) is 0 Å². The Bertz CT molecular complexity index is 761. The molecule has 2 aromatic heterocycles. The quantitative estimate of drug-likeness (QED) is 0.768. The van der Waals surface area contributed by atoms with Gasteiger partial charge in [-0.3, -0.25) is 13.9 Å². The van der Waals surface area contributed by atoms with Crippen LogP contribution < -0.4 is 11.2 Å². The summed E-state index contributed by atoms with van der Waals surface area (Å²) in [5.74, 6) is 0. The first kappa shape index (κ1) is 13.3. The van der Waals surface area contributed by atoms with Crippen LogP contribution in [0, 0.1) is 0 Å². The lowest BCUT2D eigenvalue weighted by Crippen LogP contribution is -2.37. The summed E-state index contributed by atoms with van der Waals surface area (Å²) in [6.07, 6.45) is 4.67. The van der Waals surface area contributed by atoms with Crippen LogP contribution in [0.5, 0.6) is 0 Å². The van der Waals surface area contributed by atoms with Crippen molar-refractivity contribution in [3.8, 4) is 0 Å². The maximum atomic E-state index is 12.2. The summed E-state index contributed by atoms with van der Waals surface area (Å²) in [5.41, 5.74) is 1.40. The van der Waals surface area contributed by atoms with Crippen molar-refractivity contribution in [2.75, 3.05) is 0 Å². The van der Waals surface area contributed by atoms with E-state index < -0.39 is 0 Å². The zero-order valence-electron chi connectivity index (χ0n) is 11.7. The maximum absolute atomic E-state index is 12.2. The molecule has 0 amide bonds. The van der Waals surface area contributed by atoms with Crippen molar-refractivity contribution in [2.45, 2.75) is 26.8 Å². The van der Waals surface area contributed by atoms with E-state index in [-0.39, 0.29) is 11.2 Å². The Balaban J connectivity index is 2.70. The monoisotopic (exact) mass is 262 g/mol. The molecule has 2 heterocycles. The molecular weight excluding hydrogens is 244 g/mol. The molecule has 102 valence electrons. The molecule has 0 unspecified atom stereocenters. The molecule has 0 aliphatic heterocycles. The Kier molecular flexibility index (Phi) is 3.42. The highest BCUT2D eigenvalue weighted by atomic mass is 16.2. The van der Waals surface area contributed by atoms with Crippen LogP contribution >= 0.6 is 0 Å². The lowest BCUT2D eigenvalue weighted by atomic mass is 10.2. The second-order valence-electron chi connectivity index (χ2n) is 4.71. The van der Waals surface area contributed by atoms with E-state index in [4.69, 9.17) is 0 Å². The van der Waals surface area contributed by atoms with Gasteiger partial charge in [0.15, 0.2) is 11.2 Å². The van der Waals surface area contributed by atoms with Gasteiger partial charge in [-0.05, 0) is 13.3 Å². The molecule has 2 rings (SSSR count). The van der Waals surface area contributed by atoms with Gasteiger partial charge < -0.3 is 4.57 Å². The zero-order valence-corrected chi connectivity index (χ0v) is 11.7. The van der Waals surface area contributed by atoms with Gasteiger partial charge in [-0.1, -0.05) is 18.6 Å². The molecule has 0 fully saturated rings. The summed E-state index contributed by atoms with van der Waals surface area (Å²) >= 11 is 0. The average Bonchev–Trinajstić information content (AvgIpc) is 2.78. The number of rotatable bonds is 3. The molecule has 0 saturated heterocycles. The molecule has 19 heavy (non-hydrogen) atoms. The molecule has 0 saturated carbocycles. The fraction of sp³-hybridized carbons (Fsp3) is 0.462. The van der Waals surface area contributed by atoms with Gasteiger partial charge in [0.25, 0.3) is 5.56 Å². The predicted molar refractivity (Wildman–Crippen MR) is 74.3 cm³/mol. The van der Waals surface area contributed by atoms with Gasteiger partial charge in [0.2, 0.25) is 0 Å². The van der Waals surface area contributed by atoms with E-state index in [1.54, 1.807) is 17.9 Å². The zero-order chi connectivity index (χ0) is 14.2. The van der Waals surface area contributed by atoms with Crippen molar-refractivity contribution in [1.29, 1.82) is 0 Å². The number of hydrogen-bond acceptors (Lipinski definition) is 3. The molecular formula is C13H18N4O2. The van der Waals surface area contributed by atoms with Gasteiger partial charge in [0.05, 0.1) is 6.33 Å². The SMILES string of the molecule is CC/C=C(\C)Cn1cnc2c1c(=O)n(C)c(=O)n2C. The highest BCUT2D eigenvalue weighted by Crippen LogP contribution is 2.08. The fourth-order valence-corrected chi connectivity index (χ4v) is 2.20. The van der Waals surface area contributed by atoms with E-state index in [9.17, 15) is 9.59 Å². The fourth-order valence-electron chi connectivity index (χ4n) is 2.20. The van der Waals surface area contributed by atoms with Crippen molar-refractivity contribution in [3.05, 3.63) is 38.8 Å². The second-order valence-corrected chi connectivity index (χ2v) is 4.71. The third kappa shape index (κ3) is 2.14. The van der Waals surface area contributed by atoms with E-state index in [2.05, 4.69) is 18.0 Å². The summed E-state index contributed by atoms with van der Waals surface area (Å²) in [6.45, 7) is 4.69. The number of aryl methyl sites for hydroxylation is 1. The minimum atomic E-state index is -0.358. The molecule has 0 spiro atoms. The Morgan fingerprint density at radius 1 is 1.32 bits per heavy atom. The maximum Gasteiger partial charge on any atom is 0.332 e. The van der Waals surface area contributed by atoms with Crippen molar-refractivity contribution in [3.63, 3.8) is 0 Å². The molecule has 0 atom stereocenters.